The number of hydrogen-bond donors (Lipinski definition) is 1. The summed E-state index contributed by atoms with van der Waals surface area (Å²) in [5.41, 5.74) is 0.398. The molecule has 7 heteroatoms. The normalized spacial score (nSPS) is 16.3. The van der Waals surface area contributed by atoms with Gasteiger partial charge in [-0.05, 0) is 24.6 Å². The van der Waals surface area contributed by atoms with Gasteiger partial charge in [0.15, 0.2) is 0 Å². The number of rotatable bonds is 12. The quantitative estimate of drug-likeness (QED) is 0.390. The Bertz CT molecular complexity index is 710. The molecule has 2 rings (SSSR count). The first kappa shape index (κ1) is 24.2. The maximum Gasteiger partial charge on any atom is 0.308 e. The molecule has 1 aliphatic heterocycles. The third kappa shape index (κ3) is 7.98. The maximum absolute atomic E-state index is 12.9. The Morgan fingerprint density at radius 1 is 1.13 bits per heavy atom. The third-order valence-corrected chi connectivity index (χ3v) is 5.52. The molecule has 166 valence electrons. The van der Waals surface area contributed by atoms with Crippen LogP contribution in [0.3, 0.4) is 0 Å². The summed E-state index contributed by atoms with van der Waals surface area (Å²) in [4.78, 5) is 38.9. The molecule has 0 aromatic heterocycles. The van der Waals surface area contributed by atoms with Crippen LogP contribution < -0.4 is 5.32 Å². The predicted molar refractivity (Wildman–Crippen MR) is 117 cm³/mol. The Morgan fingerprint density at radius 2 is 1.83 bits per heavy atom. The second kappa shape index (κ2) is 13.3. The van der Waals surface area contributed by atoms with Gasteiger partial charge in [0.25, 0.3) is 5.91 Å². The van der Waals surface area contributed by atoms with Crippen LogP contribution in [-0.4, -0.2) is 48.4 Å². The number of unbranched alkanes of at least 4 members (excludes halogenated alkanes) is 7. The molecule has 0 bridgehead atoms. The first-order valence-electron chi connectivity index (χ1n) is 11.0. The maximum atomic E-state index is 12.9. The van der Waals surface area contributed by atoms with Crippen molar-refractivity contribution in [1.29, 1.82) is 0 Å². The minimum atomic E-state index is -0.865. The Balaban J connectivity index is 1.77. The summed E-state index contributed by atoms with van der Waals surface area (Å²) in [6.07, 6.45) is 9.17. The molecule has 0 spiro atoms. The summed E-state index contributed by atoms with van der Waals surface area (Å²) in [7, 11) is 0. The van der Waals surface area contributed by atoms with Crippen molar-refractivity contribution in [3.05, 3.63) is 34.9 Å². The van der Waals surface area contributed by atoms with Crippen LogP contribution in [0.1, 0.15) is 75.1 Å². The van der Waals surface area contributed by atoms with Crippen molar-refractivity contribution >= 4 is 29.4 Å². The van der Waals surface area contributed by atoms with Crippen molar-refractivity contribution in [1.82, 2.24) is 10.2 Å². The van der Waals surface area contributed by atoms with Crippen molar-refractivity contribution in [2.45, 2.75) is 70.8 Å². The fourth-order valence-electron chi connectivity index (χ4n) is 3.59. The molecular formula is C23H33ClN2O4. The summed E-state index contributed by atoms with van der Waals surface area (Å²) in [5, 5.41) is 3.17. The van der Waals surface area contributed by atoms with Crippen LogP contribution in [0.25, 0.3) is 0 Å². The topological polar surface area (TPSA) is 75.7 Å². The van der Waals surface area contributed by atoms with E-state index in [9.17, 15) is 14.4 Å². The molecule has 30 heavy (non-hydrogen) atoms. The van der Waals surface area contributed by atoms with E-state index in [-0.39, 0.29) is 18.2 Å². The van der Waals surface area contributed by atoms with E-state index in [0.29, 0.717) is 30.3 Å². The summed E-state index contributed by atoms with van der Waals surface area (Å²) in [6.45, 7) is 3.25. The lowest BCUT2D eigenvalue weighted by Crippen LogP contribution is -2.57. The van der Waals surface area contributed by atoms with Crippen LogP contribution in [0.5, 0.6) is 0 Å². The second-order valence-corrected chi connectivity index (χ2v) is 8.15. The number of amides is 2. The molecule has 1 heterocycles. The van der Waals surface area contributed by atoms with Gasteiger partial charge in [-0.1, -0.05) is 69.5 Å². The molecule has 6 nitrogen and oxygen atoms in total. The van der Waals surface area contributed by atoms with E-state index in [1.54, 1.807) is 24.3 Å². The van der Waals surface area contributed by atoms with Gasteiger partial charge < -0.3 is 15.0 Å². The van der Waals surface area contributed by atoms with Crippen molar-refractivity contribution in [2.24, 2.45) is 0 Å². The number of benzene rings is 1. The number of piperazine rings is 1. The zero-order chi connectivity index (χ0) is 21.8. The zero-order valence-electron chi connectivity index (χ0n) is 17.8. The Labute approximate surface area is 184 Å². The average Bonchev–Trinajstić information content (AvgIpc) is 2.73. The van der Waals surface area contributed by atoms with Crippen molar-refractivity contribution < 1.29 is 19.1 Å². The lowest BCUT2D eigenvalue weighted by atomic mass is 10.1. The van der Waals surface area contributed by atoms with Gasteiger partial charge in [-0.2, -0.15) is 0 Å². The molecule has 1 saturated heterocycles. The number of carbonyl (C=O) groups excluding carboxylic acids is 3. The second-order valence-electron chi connectivity index (χ2n) is 7.72. The number of nitrogens with zero attached hydrogens (tertiary/aromatic N) is 1. The van der Waals surface area contributed by atoms with Gasteiger partial charge in [0, 0.05) is 23.7 Å². The number of carbonyl (C=O) groups is 3. The highest BCUT2D eigenvalue weighted by Crippen LogP contribution is 2.18. The van der Waals surface area contributed by atoms with Gasteiger partial charge in [-0.15, -0.1) is 0 Å². The highest BCUT2D eigenvalue weighted by atomic mass is 35.5. The average molecular weight is 437 g/mol. The third-order valence-electron chi connectivity index (χ3n) is 5.28. The van der Waals surface area contributed by atoms with Gasteiger partial charge in [0.05, 0.1) is 13.0 Å². The lowest BCUT2D eigenvalue weighted by molar-refractivity contribution is -0.147. The Kier molecular flexibility index (Phi) is 10.7. The molecule has 1 fully saturated rings. The van der Waals surface area contributed by atoms with Crippen molar-refractivity contribution in [3.8, 4) is 0 Å². The van der Waals surface area contributed by atoms with Crippen LogP contribution in [-0.2, 0) is 14.3 Å². The fourth-order valence-corrected chi connectivity index (χ4v) is 3.78. The predicted octanol–water partition coefficient (Wildman–Crippen LogP) is 4.35. The molecule has 1 unspecified atom stereocenters. The molecule has 0 radical (unpaired) electrons. The van der Waals surface area contributed by atoms with Gasteiger partial charge >= 0.3 is 5.97 Å². The lowest BCUT2D eigenvalue weighted by Gasteiger charge is -2.34. The van der Waals surface area contributed by atoms with E-state index in [1.165, 1.54) is 37.0 Å². The smallest absolute Gasteiger partial charge is 0.308 e. The Hall–Kier alpha value is -2.08. The minimum Gasteiger partial charge on any atom is -0.466 e. The largest absolute Gasteiger partial charge is 0.466 e. The van der Waals surface area contributed by atoms with Crippen LogP contribution >= 0.6 is 11.6 Å². The number of hydrogen-bond acceptors (Lipinski definition) is 4. The highest BCUT2D eigenvalue weighted by Gasteiger charge is 2.35. The standard InChI is InChI=1S/C23H33ClN2O4/c1-2-3-4-5-6-7-8-9-15-30-21(27)17-20-22(28)25-13-14-26(20)23(29)18-11-10-12-19(24)16-18/h10-12,16,20H,2-9,13-15,17H2,1H3,(H,25,28). The molecule has 1 atom stereocenters. The van der Waals surface area contributed by atoms with E-state index in [2.05, 4.69) is 12.2 Å². The van der Waals surface area contributed by atoms with Gasteiger partial charge in [0.2, 0.25) is 5.91 Å². The number of ether oxygens (including phenoxy) is 1. The van der Waals surface area contributed by atoms with Crippen LogP contribution in [0.4, 0.5) is 0 Å². The summed E-state index contributed by atoms with van der Waals surface area (Å²) in [6, 6.07) is 5.72. The Morgan fingerprint density at radius 3 is 2.53 bits per heavy atom. The van der Waals surface area contributed by atoms with Gasteiger partial charge in [-0.25, -0.2) is 0 Å². The molecule has 0 saturated carbocycles. The number of halogens is 1. The molecule has 0 aliphatic carbocycles. The fraction of sp³-hybridized carbons (Fsp3) is 0.609. The number of nitrogens with one attached hydrogen (secondary N) is 1. The molecular weight excluding hydrogens is 404 g/mol. The van der Waals surface area contributed by atoms with Gasteiger partial charge in [0.1, 0.15) is 6.04 Å². The number of esters is 1. The SMILES string of the molecule is CCCCCCCCCCOC(=O)CC1C(=O)NCCN1C(=O)c1cccc(Cl)c1. The summed E-state index contributed by atoms with van der Waals surface area (Å²) in [5.74, 6) is -1.10. The van der Waals surface area contributed by atoms with E-state index >= 15 is 0 Å². The molecule has 1 aliphatic rings. The van der Waals surface area contributed by atoms with E-state index in [4.69, 9.17) is 16.3 Å². The van der Waals surface area contributed by atoms with Crippen LogP contribution in [0, 0.1) is 0 Å². The van der Waals surface area contributed by atoms with Crippen molar-refractivity contribution in [2.75, 3.05) is 19.7 Å². The molecule has 1 aromatic rings. The van der Waals surface area contributed by atoms with E-state index in [0.717, 1.165) is 19.3 Å². The zero-order valence-corrected chi connectivity index (χ0v) is 18.6. The van der Waals surface area contributed by atoms with Crippen molar-refractivity contribution in [3.63, 3.8) is 0 Å². The summed E-state index contributed by atoms with van der Waals surface area (Å²) < 4.78 is 5.31. The molecule has 1 N–H and O–H groups in total. The van der Waals surface area contributed by atoms with Crippen LogP contribution in [0.2, 0.25) is 5.02 Å². The summed E-state index contributed by atoms with van der Waals surface area (Å²) >= 11 is 5.98. The first-order valence-corrected chi connectivity index (χ1v) is 11.4. The van der Waals surface area contributed by atoms with E-state index in [1.807, 2.05) is 0 Å². The van der Waals surface area contributed by atoms with Crippen LogP contribution in [0.15, 0.2) is 24.3 Å². The highest BCUT2D eigenvalue weighted by molar-refractivity contribution is 6.31. The van der Waals surface area contributed by atoms with Gasteiger partial charge in [-0.3, -0.25) is 14.4 Å². The molecule has 1 aromatic carbocycles. The first-order chi connectivity index (χ1) is 14.5. The molecule has 2 amide bonds. The van der Waals surface area contributed by atoms with E-state index < -0.39 is 12.0 Å². The monoisotopic (exact) mass is 436 g/mol. The minimum absolute atomic E-state index is 0.144.